The van der Waals surface area contributed by atoms with Gasteiger partial charge in [0.25, 0.3) is 0 Å². The second-order valence-corrected chi connectivity index (χ2v) is 4.72. The van der Waals surface area contributed by atoms with E-state index in [9.17, 15) is 0 Å². The number of aromatic nitrogens is 1. The molecule has 18 heavy (non-hydrogen) atoms. The molecule has 2 heterocycles. The fraction of sp³-hybridized carbons (Fsp3) is 0.571. The van der Waals surface area contributed by atoms with Crippen LogP contribution in [0.1, 0.15) is 31.0 Å². The van der Waals surface area contributed by atoms with Gasteiger partial charge >= 0.3 is 0 Å². The molecular weight excluding hydrogens is 224 g/mol. The van der Waals surface area contributed by atoms with Crippen LogP contribution >= 0.6 is 0 Å². The topological polar surface area (TPSA) is 52.0 Å². The van der Waals surface area contributed by atoms with Crippen molar-refractivity contribution in [1.29, 1.82) is 5.26 Å². The third-order valence-corrected chi connectivity index (χ3v) is 3.52. The van der Waals surface area contributed by atoms with Crippen molar-refractivity contribution in [3.63, 3.8) is 0 Å². The van der Waals surface area contributed by atoms with Crippen LogP contribution in [0.3, 0.4) is 0 Å². The van der Waals surface area contributed by atoms with Crippen molar-refractivity contribution in [3.05, 3.63) is 29.6 Å². The molecule has 1 aromatic heterocycles. The first-order valence-corrected chi connectivity index (χ1v) is 6.63. The van der Waals surface area contributed by atoms with Crippen molar-refractivity contribution in [2.45, 2.75) is 32.4 Å². The van der Waals surface area contributed by atoms with Crippen molar-refractivity contribution in [1.82, 2.24) is 15.2 Å². The SMILES string of the molecule is CCN(Cc1ccnc(C#N)c1)C1CCCNC1. The predicted molar refractivity (Wildman–Crippen MR) is 70.9 cm³/mol. The van der Waals surface area contributed by atoms with Gasteiger partial charge in [0, 0.05) is 25.3 Å². The molecule has 0 aromatic carbocycles. The van der Waals surface area contributed by atoms with Gasteiger partial charge in [-0.15, -0.1) is 0 Å². The molecule has 0 amide bonds. The fourth-order valence-electron chi connectivity index (χ4n) is 2.51. The molecule has 1 aliphatic rings. The molecular formula is C14H20N4. The van der Waals surface area contributed by atoms with Crippen LogP contribution in [0.2, 0.25) is 0 Å². The fourth-order valence-corrected chi connectivity index (χ4v) is 2.51. The number of piperidine rings is 1. The summed E-state index contributed by atoms with van der Waals surface area (Å²) in [5.41, 5.74) is 1.68. The molecule has 2 rings (SSSR count). The maximum absolute atomic E-state index is 8.87. The standard InChI is InChI=1S/C14H20N4/c1-2-18(14-4-3-6-16-10-14)11-12-5-7-17-13(8-12)9-15/h5,7-8,14,16H,2-4,6,10-11H2,1H3. The Bertz CT molecular complexity index is 418. The highest BCUT2D eigenvalue weighted by atomic mass is 15.2. The minimum atomic E-state index is 0.505. The molecule has 1 unspecified atom stereocenters. The first kappa shape index (κ1) is 13.0. The maximum Gasteiger partial charge on any atom is 0.140 e. The van der Waals surface area contributed by atoms with Gasteiger partial charge in [0.15, 0.2) is 0 Å². The monoisotopic (exact) mass is 244 g/mol. The van der Waals surface area contributed by atoms with E-state index in [4.69, 9.17) is 5.26 Å². The molecule has 1 atom stereocenters. The molecule has 1 N–H and O–H groups in total. The Morgan fingerprint density at radius 1 is 1.61 bits per heavy atom. The van der Waals surface area contributed by atoms with Crippen molar-refractivity contribution in [2.75, 3.05) is 19.6 Å². The highest BCUT2D eigenvalue weighted by Gasteiger charge is 2.19. The number of nitriles is 1. The largest absolute Gasteiger partial charge is 0.315 e. The molecule has 0 aliphatic carbocycles. The van der Waals surface area contributed by atoms with E-state index in [1.165, 1.54) is 18.4 Å². The van der Waals surface area contributed by atoms with Gasteiger partial charge in [-0.2, -0.15) is 5.26 Å². The molecule has 4 nitrogen and oxygen atoms in total. The molecule has 96 valence electrons. The zero-order chi connectivity index (χ0) is 12.8. The normalized spacial score (nSPS) is 19.7. The molecule has 1 aliphatic heterocycles. The van der Waals surface area contributed by atoms with Crippen LogP contribution in [0.4, 0.5) is 0 Å². The summed E-state index contributed by atoms with van der Waals surface area (Å²) >= 11 is 0. The minimum Gasteiger partial charge on any atom is -0.315 e. The Balaban J connectivity index is 2.02. The highest BCUT2D eigenvalue weighted by Crippen LogP contribution is 2.14. The average molecular weight is 244 g/mol. The van der Waals surface area contributed by atoms with Crippen LogP contribution in [0.25, 0.3) is 0 Å². The second-order valence-electron chi connectivity index (χ2n) is 4.72. The zero-order valence-corrected chi connectivity index (χ0v) is 10.9. The maximum atomic E-state index is 8.87. The quantitative estimate of drug-likeness (QED) is 0.872. The van der Waals surface area contributed by atoms with Gasteiger partial charge in [0.2, 0.25) is 0 Å². The number of pyridine rings is 1. The van der Waals surface area contributed by atoms with Gasteiger partial charge in [0.1, 0.15) is 11.8 Å². The van der Waals surface area contributed by atoms with Crippen LogP contribution in [0.15, 0.2) is 18.3 Å². The summed E-state index contributed by atoms with van der Waals surface area (Å²) < 4.78 is 0. The lowest BCUT2D eigenvalue weighted by Crippen LogP contribution is -2.45. The van der Waals surface area contributed by atoms with E-state index >= 15 is 0 Å². The van der Waals surface area contributed by atoms with E-state index in [2.05, 4.69) is 28.2 Å². The molecule has 0 saturated carbocycles. The Labute approximate surface area is 109 Å². The Kier molecular flexibility index (Phi) is 4.68. The summed E-state index contributed by atoms with van der Waals surface area (Å²) in [4.78, 5) is 6.49. The molecule has 0 spiro atoms. The predicted octanol–water partition coefficient (Wildman–Crippen LogP) is 1.53. The summed E-state index contributed by atoms with van der Waals surface area (Å²) in [6, 6.07) is 6.60. The third kappa shape index (κ3) is 3.28. The summed E-state index contributed by atoms with van der Waals surface area (Å²) in [6.45, 7) is 6.35. The molecule has 1 aromatic rings. The van der Waals surface area contributed by atoms with Gasteiger partial charge in [-0.1, -0.05) is 6.92 Å². The third-order valence-electron chi connectivity index (χ3n) is 3.52. The van der Waals surface area contributed by atoms with Crippen molar-refractivity contribution >= 4 is 0 Å². The first-order valence-electron chi connectivity index (χ1n) is 6.63. The van der Waals surface area contributed by atoms with E-state index in [-0.39, 0.29) is 0 Å². The highest BCUT2D eigenvalue weighted by molar-refractivity contribution is 5.25. The van der Waals surface area contributed by atoms with Crippen LogP contribution in [-0.2, 0) is 6.54 Å². The molecule has 1 fully saturated rings. The van der Waals surface area contributed by atoms with Crippen LogP contribution in [-0.4, -0.2) is 35.6 Å². The lowest BCUT2D eigenvalue weighted by atomic mass is 10.0. The molecule has 0 bridgehead atoms. The summed E-state index contributed by atoms with van der Waals surface area (Å²) in [6.07, 6.45) is 4.23. The van der Waals surface area contributed by atoms with E-state index in [0.717, 1.165) is 26.2 Å². The smallest absolute Gasteiger partial charge is 0.140 e. The van der Waals surface area contributed by atoms with Crippen LogP contribution in [0, 0.1) is 11.3 Å². The minimum absolute atomic E-state index is 0.505. The van der Waals surface area contributed by atoms with Crippen molar-refractivity contribution in [2.24, 2.45) is 0 Å². The van der Waals surface area contributed by atoms with Gasteiger partial charge in [-0.05, 0) is 43.6 Å². The zero-order valence-electron chi connectivity index (χ0n) is 10.9. The number of nitrogens with one attached hydrogen (secondary N) is 1. The molecule has 0 radical (unpaired) electrons. The van der Waals surface area contributed by atoms with Gasteiger partial charge in [-0.25, -0.2) is 4.98 Å². The second kappa shape index (κ2) is 6.48. The van der Waals surface area contributed by atoms with Crippen LogP contribution < -0.4 is 5.32 Å². The summed E-state index contributed by atoms with van der Waals surface area (Å²) in [7, 11) is 0. The number of nitrogens with zero attached hydrogens (tertiary/aromatic N) is 3. The van der Waals surface area contributed by atoms with Crippen molar-refractivity contribution < 1.29 is 0 Å². The van der Waals surface area contributed by atoms with E-state index < -0.39 is 0 Å². The Morgan fingerprint density at radius 2 is 2.50 bits per heavy atom. The number of hydrogen-bond donors (Lipinski definition) is 1. The van der Waals surface area contributed by atoms with Gasteiger partial charge < -0.3 is 5.32 Å². The molecule has 1 saturated heterocycles. The van der Waals surface area contributed by atoms with E-state index in [1.54, 1.807) is 6.20 Å². The van der Waals surface area contributed by atoms with Gasteiger partial charge in [-0.3, -0.25) is 4.90 Å². The van der Waals surface area contributed by atoms with Crippen LogP contribution in [0.5, 0.6) is 0 Å². The first-order chi connectivity index (χ1) is 8.83. The molecule has 4 heteroatoms. The average Bonchev–Trinajstić information content (AvgIpc) is 2.46. The van der Waals surface area contributed by atoms with E-state index in [1.807, 2.05) is 12.1 Å². The van der Waals surface area contributed by atoms with Gasteiger partial charge in [0.05, 0.1) is 0 Å². The van der Waals surface area contributed by atoms with Crippen molar-refractivity contribution in [3.8, 4) is 6.07 Å². The Morgan fingerprint density at radius 3 is 3.17 bits per heavy atom. The number of likely N-dealkylation sites (N-methyl/N-ethyl adjacent to an activating group) is 1. The number of hydrogen-bond acceptors (Lipinski definition) is 4. The lowest BCUT2D eigenvalue weighted by molar-refractivity contribution is 0.166. The Hall–Kier alpha value is -1.44. The number of rotatable bonds is 4. The summed E-state index contributed by atoms with van der Waals surface area (Å²) in [5.74, 6) is 0. The summed E-state index contributed by atoms with van der Waals surface area (Å²) in [5, 5.41) is 12.3. The van der Waals surface area contributed by atoms with E-state index in [0.29, 0.717) is 11.7 Å². The lowest BCUT2D eigenvalue weighted by Gasteiger charge is -2.33.